The maximum atomic E-state index is 12.3. The van der Waals surface area contributed by atoms with Crippen LogP contribution >= 0.6 is 0 Å². The molecule has 2 amide bonds. The van der Waals surface area contributed by atoms with E-state index in [1.54, 1.807) is 18.5 Å². The van der Waals surface area contributed by atoms with Gasteiger partial charge in [-0.05, 0) is 36.4 Å². The van der Waals surface area contributed by atoms with E-state index >= 15 is 0 Å². The fourth-order valence-corrected chi connectivity index (χ4v) is 3.36. The maximum absolute atomic E-state index is 12.3. The second-order valence-corrected chi connectivity index (χ2v) is 7.80. The van der Waals surface area contributed by atoms with Crippen molar-refractivity contribution >= 4 is 36.5 Å². The number of amides is 2. The molecule has 4 rings (SSSR count). The number of aromatic amines is 1. The summed E-state index contributed by atoms with van der Waals surface area (Å²) in [6.45, 7) is 8.56. The van der Waals surface area contributed by atoms with Crippen LogP contribution in [0.3, 0.4) is 0 Å². The van der Waals surface area contributed by atoms with Gasteiger partial charge in [-0.15, -0.1) is 5.47 Å². The van der Waals surface area contributed by atoms with Gasteiger partial charge in [-0.1, -0.05) is 19.6 Å². The minimum Gasteiger partial charge on any atom is -0.378 e. The number of carbonyl (C=O) groups is 1. The standard InChI is InChI=1S/C23H26BN7O2/c1-3-17(7-4-15(2)24)27-23(32)28-18-8-5-16(6-9-18)20-29-21-19(25-14-26-21)22(30-20)31-10-12-33-13-11-31/h3-9,14H,1,10-13,24H2,2H3,(H2,27,28,32)(H,25,26,29,30)/b15-4+,17-7+. The molecule has 0 bridgehead atoms. The van der Waals surface area contributed by atoms with E-state index in [9.17, 15) is 4.79 Å². The van der Waals surface area contributed by atoms with Gasteiger partial charge in [0.1, 0.15) is 13.4 Å². The van der Waals surface area contributed by atoms with Crippen LogP contribution in [-0.4, -0.2) is 60.1 Å². The third-order valence-corrected chi connectivity index (χ3v) is 5.05. The maximum Gasteiger partial charge on any atom is 0.323 e. The largest absolute Gasteiger partial charge is 0.378 e. The molecule has 2 aromatic heterocycles. The first-order valence-corrected chi connectivity index (χ1v) is 10.7. The zero-order chi connectivity index (χ0) is 23.2. The van der Waals surface area contributed by atoms with Gasteiger partial charge in [-0.2, -0.15) is 0 Å². The molecule has 3 N–H and O–H groups in total. The Labute approximate surface area is 193 Å². The summed E-state index contributed by atoms with van der Waals surface area (Å²) < 4.78 is 5.47. The fraction of sp³-hybridized carbons (Fsp3) is 0.217. The van der Waals surface area contributed by atoms with E-state index < -0.39 is 0 Å². The number of anilines is 2. The molecule has 0 spiro atoms. The molecule has 0 radical (unpaired) electrons. The number of benzene rings is 1. The summed E-state index contributed by atoms with van der Waals surface area (Å²) >= 11 is 0. The van der Waals surface area contributed by atoms with Crippen LogP contribution in [0.4, 0.5) is 16.3 Å². The Kier molecular flexibility index (Phi) is 6.84. The molecular weight excluding hydrogens is 417 g/mol. The van der Waals surface area contributed by atoms with Crippen molar-refractivity contribution in [3.8, 4) is 11.4 Å². The first-order chi connectivity index (χ1) is 16.0. The molecule has 9 nitrogen and oxygen atoms in total. The lowest BCUT2D eigenvalue weighted by Gasteiger charge is -2.28. The van der Waals surface area contributed by atoms with Gasteiger partial charge in [-0.25, -0.2) is 19.7 Å². The highest BCUT2D eigenvalue weighted by Gasteiger charge is 2.19. The van der Waals surface area contributed by atoms with Gasteiger partial charge in [-0.3, -0.25) is 0 Å². The van der Waals surface area contributed by atoms with Crippen molar-refractivity contribution in [2.24, 2.45) is 0 Å². The van der Waals surface area contributed by atoms with Crippen molar-refractivity contribution in [1.82, 2.24) is 25.3 Å². The average molecular weight is 443 g/mol. The smallest absolute Gasteiger partial charge is 0.323 e. The molecule has 1 aromatic carbocycles. The van der Waals surface area contributed by atoms with Crippen LogP contribution in [0.25, 0.3) is 22.6 Å². The van der Waals surface area contributed by atoms with E-state index in [0.717, 1.165) is 35.5 Å². The van der Waals surface area contributed by atoms with Crippen LogP contribution in [-0.2, 0) is 4.74 Å². The summed E-state index contributed by atoms with van der Waals surface area (Å²) in [5, 5.41) is 5.60. The highest BCUT2D eigenvalue weighted by atomic mass is 16.5. The number of morpholine rings is 1. The molecule has 3 heterocycles. The molecule has 1 saturated heterocycles. The number of urea groups is 1. The Morgan fingerprint density at radius 1 is 1.21 bits per heavy atom. The molecule has 1 aliphatic heterocycles. The highest BCUT2D eigenvalue weighted by Crippen LogP contribution is 2.26. The molecule has 33 heavy (non-hydrogen) atoms. The number of imidazole rings is 1. The number of carbonyl (C=O) groups excluding carboxylic acids is 1. The van der Waals surface area contributed by atoms with Crippen molar-refractivity contribution in [3.63, 3.8) is 0 Å². The van der Waals surface area contributed by atoms with E-state index in [1.807, 2.05) is 45.1 Å². The van der Waals surface area contributed by atoms with Gasteiger partial charge in [0.05, 0.1) is 19.5 Å². The highest BCUT2D eigenvalue weighted by molar-refractivity contribution is 6.21. The average Bonchev–Trinajstić information content (AvgIpc) is 3.31. The summed E-state index contributed by atoms with van der Waals surface area (Å²) in [5.74, 6) is 1.39. The molecule has 1 fully saturated rings. The Hall–Kier alpha value is -3.92. The van der Waals surface area contributed by atoms with Crippen molar-refractivity contribution in [2.45, 2.75) is 6.92 Å². The Morgan fingerprint density at radius 2 is 1.97 bits per heavy atom. The zero-order valence-electron chi connectivity index (χ0n) is 18.8. The first-order valence-electron chi connectivity index (χ1n) is 10.7. The van der Waals surface area contributed by atoms with Gasteiger partial charge in [0.2, 0.25) is 0 Å². The molecule has 10 heteroatoms. The number of ether oxygens (including phenoxy) is 1. The van der Waals surface area contributed by atoms with Crippen molar-refractivity contribution in [3.05, 3.63) is 66.6 Å². The van der Waals surface area contributed by atoms with Gasteiger partial charge in [0.25, 0.3) is 0 Å². The molecule has 0 saturated carbocycles. The Balaban J connectivity index is 1.51. The number of rotatable bonds is 6. The van der Waals surface area contributed by atoms with Gasteiger partial charge in [0, 0.05) is 30.0 Å². The second-order valence-electron chi connectivity index (χ2n) is 7.80. The van der Waals surface area contributed by atoms with Crippen LogP contribution in [0, 0.1) is 0 Å². The lowest BCUT2D eigenvalue weighted by molar-refractivity contribution is 0.122. The SMILES string of the molecule is B/C(C)=C/C=C(\C=C)NC(=O)Nc1ccc(-c2nc(N3CCOCC3)c3[nH]cnc3n2)cc1. The van der Waals surface area contributed by atoms with Crippen molar-refractivity contribution in [2.75, 3.05) is 36.5 Å². The summed E-state index contributed by atoms with van der Waals surface area (Å²) in [6, 6.07) is 7.03. The summed E-state index contributed by atoms with van der Waals surface area (Å²) in [5.41, 5.74) is 4.64. The predicted octanol–water partition coefficient (Wildman–Crippen LogP) is 2.58. The van der Waals surface area contributed by atoms with E-state index in [0.29, 0.717) is 36.1 Å². The third-order valence-electron chi connectivity index (χ3n) is 5.05. The van der Waals surface area contributed by atoms with E-state index in [1.165, 1.54) is 0 Å². The molecule has 0 atom stereocenters. The Morgan fingerprint density at radius 3 is 2.67 bits per heavy atom. The third kappa shape index (κ3) is 5.47. The van der Waals surface area contributed by atoms with Crippen molar-refractivity contribution in [1.29, 1.82) is 0 Å². The summed E-state index contributed by atoms with van der Waals surface area (Å²) in [7, 11) is 1.98. The summed E-state index contributed by atoms with van der Waals surface area (Å²) in [4.78, 5) is 31.4. The number of H-pyrrole nitrogens is 1. The number of hydrogen-bond donors (Lipinski definition) is 3. The number of nitrogens with zero attached hydrogens (tertiary/aromatic N) is 4. The molecule has 1 aliphatic rings. The predicted molar refractivity (Wildman–Crippen MR) is 133 cm³/mol. The minimum atomic E-state index is -0.347. The number of allylic oxidation sites excluding steroid dienone is 4. The lowest BCUT2D eigenvalue weighted by Crippen LogP contribution is -2.37. The Bertz CT molecular complexity index is 1210. The van der Waals surface area contributed by atoms with E-state index in [4.69, 9.17) is 9.72 Å². The first kappa shape index (κ1) is 22.3. The molecule has 3 aromatic rings. The van der Waals surface area contributed by atoms with E-state index in [-0.39, 0.29) is 6.03 Å². The minimum absolute atomic E-state index is 0.347. The van der Waals surface area contributed by atoms with Crippen LogP contribution in [0.1, 0.15) is 6.92 Å². The number of aromatic nitrogens is 4. The van der Waals surface area contributed by atoms with Crippen molar-refractivity contribution < 1.29 is 9.53 Å². The fourth-order valence-electron chi connectivity index (χ4n) is 3.36. The number of nitrogens with one attached hydrogen (secondary N) is 3. The second kappa shape index (κ2) is 10.1. The summed E-state index contributed by atoms with van der Waals surface area (Å²) in [6.07, 6.45) is 6.94. The topological polar surface area (TPSA) is 108 Å². The number of hydrogen-bond acceptors (Lipinski definition) is 6. The zero-order valence-corrected chi connectivity index (χ0v) is 18.8. The van der Waals surface area contributed by atoms with Crippen LogP contribution in [0.15, 0.2) is 66.6 Å². The monoisotopic (exact) mass is 443 g/mol. The normalized spacial score (nSPS) is 14.9. The van der Waals surface area contributed by atoms with Gasteiger partial charge < -0.3 is 25.3 Å². The quantitative estimate of drug-likeness (QED) is 0.399. The van der Waals surface area contributed by atoms with Gasteiger partial charge >= 0.3 is 6.03 Å². The van der Waals surface area contributed by atoms with Crippen LogP contribution < -0.4 is 15.5 Å². The molecule has 168 valence electrons. The van der Waals surface area contributed by atoms with Crippen LogP contribution in [0.2, 0.25) is 0 Å². The van der Waals surface area contributed by atoms with Gasteiger partial charge in [0.15, 0.2) is 17.3 Å². The van der Waals surface area contributed by atoms with Crippen LogP contribution in [0.5, 0.6) is 0 Å². The molecular formula is C23H26BN7O2. The molecule has 0 aliphatic carbocycles. The molecule has 0 unspecified atom stereocenters. The van der Waals surface area contributed by atoms with E-state index in [2.05, 4.69) is 37.1 Å². The lowest BCUT2D eigenvalue weighted by atomic mass is 9.97. The number of fused-ring (bicyclic) bond motifs is 1.